The first-order valence-corrected chi connectivity index (χ1v) is 8.57. The number of anilines is 1. The van der Waals surface area contributed by atoms with Crippen LogP contribution in [0.1, 0.15) is 26.3 Å². The van der Waals surface area contributed by atoms with Gasteiger partial charge in [-0.25, -0.2) is 10.2 Å². The Labute approximate surface area is 155 Å². The monoisotopic (exact) mass is 370 g/mol. The summed E-state index contributed by atoms with van der Waals surface area (Å²) < 4.78 is 3.03. The average Bonchev–Trinajstić information content (AvgIpc) is 2.96. The van der Waals surface area contributed by atoms with Crippen LogP contribution in [0, 0.1) is 5.92 Å². The summed E-state index contributed by atoms with van der Waals surface area (Å²) in [5.41, 5.74) is 4.04. The molecule has 1 aromatic carbocycles. The largest absolute Gasteiger partial charge is 0.508 e. The minimum Gasteiger partial charge on any atom is -0.508 e. The molecular formula is C18H22N6O3. The van der Waals surface area contributed by atoms with E-state index in [-0.39, 0.29) is 11.7 Å². The number of fused-ring (bicyclic) bond motifs is 1. The van der Waals surface area contributed by atoms with Crippen LogP contribution in [0.3, 0.4) is 0 Å². The quantitative estimate of drug-likeness (QED) is 0.466. The molecule has 2 aromatic heterocycles. The van der Waals surface area contributed by atoms with Crippen molar-refractivity contribution in [3.05, 3.63) is 50.7 Å². The number of hydrazone groups is 1. The molecule has 142 valence electrons. The summed E-state index contributed by atoms with van der Waals surface area (Å²) in [7, 11) is 1.56. The lowest BCUT2D eigenvalue weighted by atomic mass is 10.1. The molecule has 3 N–H and O–H groups in total. The summed E-state index contributed by atoms with van der Waals surface area (Å²) in [6.07, 6.45) is 0. The third-order valence-corrected chi connectivity index (χ3v) is 4.16. The summed E-state index contributed by atoms with van der Waals surface area (Å²) in [5, 5.41) is 13.7. The number of rotatable bonds is 5. The molecule has 0 saturated carbocycles. The van der Waals surface area contributed by atoms with E-state index >= 15 is 0 Å². The SMILES string of the molecule is C/C(=N/Nc1nc2c(c(=O)[nH]c(=O)n2C)n1CC(C)C)c1ccc(O)cc1. The standard InChI is InChI=1S/C18H22N6O3/c1-10(2)9-24-14-15(23(4)18(27)20-16(14)26)19-17(24)22-21-11(3)12-5-7-13(25)8-6-12/h5-8,10,25H,9H2,1-4H3,(H,19,22)(H,20,26,27)/b21-11-. The van der Waals surface area contributed by atoms with E-state index in [9.17, 15) is 14.7 Å². The lowest BCUT2D eigenvalue weighted by Gasteiger charge is -2.11. The maximum absolute atomic E-state index is 12.3. The van der Waals surface area contributed by atoms with Crippen molar-refractivity contribution in [2.24, 2.45) is 18.1 Å². The number of H-pyrrole nitrogens is 1. The van der Waals surface area contributed by atoms with Crippen molar-refractivity contribution in [2.75, 3.05) is 5.43 Å². The highest BCUT2D eigenvalue weighted by Crippen LogP contribution is 2.18. The van der Waals surface area contributed by atoms with E-state index in [1.165, 1.54) is 4.57 Å². The van der Waals surface area contributed by atoms with Gasteiger partial charge in [-0.2, -0.15) is 10.1 Å². The lowest BCUT2D eigenvalue weighted by Crippen LogP contribution is -2.29. The highest BCUT2D eigenvalue weighted by molar-refractivity contribution is 5.99. The summed E-state index contributed by atoms with van der Waals surface area (Å²) in [6.45, 7) is 6.40. The van der Waals surface area contributed by atoms with E-state index in [4.69, 9.17) is 0 Å². The highest BCUT2D eigenvalue weighted by Gasteiger charge is 2.18. The van der Waals surface area contributed by atoms with Crippen LogP contribution in [0.2, 0.25) is 0 Å². The first-order valence-electron chi connectivity index (χ1n) is 8.57. The molecule has 0 amide bonds. The number of aromatic nitrogens is 4. The van der Waals surface area contributed by atoms with Crippen molar-refractivity contribution in [3.63, 3.8) is 0 Å². The van der Waals surface area contributed by atoms with Crippen molar-refractivity contribution in [2.45, 2.75) is 27.3 Å². The molecule has 9 heteroatoms. The first-order chi connectivity index (χ1) is 12.8. The predicted molar refractivity (Wildman–Crippen MR) is 104 cm³/mol. The molecule has 0 atom stereocenters. The van der Waals surface area contributed by atoms with Gasteiger partial charge in [0.05, 0.1) is 5.71 Å². The Morgan fingerprint density at radius 2 is 1.96 bits per heavy atom. The van der Waals surface area contributed by atoms with Gasteiger partial charge in [0.25, 0.3) is 5.56 Å². The molecule has 0 aliphatic heterocycles. The van der Waals surface area contributed by atoms with Crippen LogP contribution in [-0.4, -0.2) is 29.9 Å². The second-order valence-electron chi connectivity index (χ2n) is 6.79. The summed E-state index contributed by atoms with van der Waals surface area (Å²) in [4.78, 5) is 30.9. The zero-order valence-electron chi connectivity index (χ0n) is 15.6. The zero-order valence-corrected chi connectivity index (χ0v) is 15.6. The molecule has 0 radical (unpaired) electrons. The van der Waals surface area contributed by atoms with Gasteiger partial charge >= 0.3 is 5.69 Å². The Morgan fingerprint density at radius 1 is 1.30 bits per heavy atom. The minimum atomic E-state index is -0.517. The van der Waals surface area contributed by atoms with E-state index in [1.54, 1.807) is 35.9 Å². The molecule has 27 heavy (non-hydrogen) atoms. The Bertz CT molecular complexity index is 1120. The van der Waals surface area contributed by atoms with E-state index in [0.29, 0.717) is 29.4 Å². The van der Waals surface area contributed by atoms with Crippen LogP contribution in [0.4, 0.5) is 5.95 Å². The second-order valence-corrected chi connectivity index (χ2v) is 6.79. The number of phenols is 1. The van der Waals surface area contributed by atoms with Gasteiger partial charge in [0.15, 0.2) is 11.2 Å². The maximum Gasteiger partial charge on any atom is 0.329 e. The number of aromatic amines is 1. The number of phenolic OH excluding ortho intramolecular Hbond substituents is 1. The number of aryl methyl sites for hydroxylation is 1. The number of imidazole rings is 1. The van der Waals surface area contributed by atoms with Gasteiger partial charge in [-0.1, -0.05) is 13.8 Å². The van der Waals surface area contributed by atoms with Crippen molar-refractivity contribution >= 4 is 22.8 Å². The normalized spacial score (nSPS) is 12.1. The summed E-state index contributed by atoms with van der Waals surface area (Å²) >= 11 is 0. The van der Waals surface area contributed by atoms with Gasteiger partial charge in [-0.3, -0.25) is 14.3 Å². The third kappa shape index (κ3) is 3.62. The van der Waals surface area contributed by atoms with E-state index in [0.717, 1.165) is 5.56 Å². The number of aromatic hydroxyl groups is 1. The predicted octanol–water partition coefficient (Wildman–Crippen LogP) is 1.62. The Hall–Kier alpha value is -3.36. The molecule has 3 aromatic rings. The molecule has 0 aliphatic rings. The molecule has 0 spiro atoms. The van der Waals surface area contributed by atoms with Crippen molar-refractivity contribution in [3.8, 4) is 5.75 Å². The fourth-order valence-electron chi connectivity index (χ4n) is 2.76. The Morgan fingerprint density at radius 3 is 2.59 bits per heavy atom. The van der Waals surface area contributed by atoms with Crippen LogP contribution >= 0.6 is 0 Å². The maximum atomic E-state index is 12.3. The van der Waals surface area contributed by atoms with Gasteiger partial charge in [0.2, 0.25) is 5.95 Å². The topological polar surface area (TPSA) is 117 Å². The van der Waals surface area contributed by atoms with E-state index in [2.05, 4.69) is 20.5 Å². The highest BCUT2D eigenvalue weighted by atomic mass is 16.3. The van der Waals surface area contributed by atoms with E-state index < -0.39 is 11.2 Å². The molecule has 0 aliphatic carbocycles. The minimum absolute atomic E-state index is 0.179. The average molecular weight is 370 g/mol. The molecule has 0 unspecified atom stereocenters. The first kappa shape index (κ1) is 18.4. The number of benzene rings is 1. The number of hydrogen-bond acceptors (Lipinski definition) is 6. The molecule has 0 bridgehead atoms. The second kappa shape index (κ2) is 7.10. The number of hydrogen-bond donors (Lipinski definition) is 3. The van der Waals surface area contributed by atoms with Crippen molar-refractivity contribution in [1.29, 1.82) is 0 Å². The molecule has 2 heterocycles. The molecule has 0 fully saturated rings. The lowest BCUT2D eigenvalue weighted by molar-refractivity contribution is 0.475. The molecule has 9 nitrogen and oxygen atoms in total. The van der Waals surface area contributed by atoms with Gasteiger partial charge in [-0.15, -0.1) is 0 Å². The van der Waals surface area contributed by atoms with Crippen molar-refractivity contribution < 1.29 is 5.11 Å². The van der Waals surface area contributed by atoms with Crippen LogP contribution in [0.5, 0.6) is 5.75 Å². The van der Waals surface area contributed by atoms with Gasteiger partial charge in [0, 0.05) is 13.6 Å². The third-order valence-electron chi connectivity index (χ3n) is 4.16. The van der Waals surface area contributed by atoms with E-state index in [1.807, 2.05) is 20.8 Å². The van der Waals surface area contributed by atoms with Gasteiger partial charge in [0.1, 0.15) is 5.75 Å². The number of nitrogens with one attached hydrogen (secondary N) is 2. The molecule has 0 saturated heterocycles. The summed E-state index contributed by atoms with van der Waals surface area (Å²) in [6, 6.07) is 6.66. The number of nitrogens with zero attached hydrogens (tertiary/aromatic N) is 4. The van der Waals surface area contributed by atoms with Gasteiger partial charge < -0.3 is 9.67 Å². The fraction of sp³-hybridized carbons (Fsp3) is 0.333. The summed E-state index contributed by atoms with van der Waals surface area (Å²) in [5.74, 6) is 0.809. The molecule has 3 rings (SSSR count). The van der Waals surface area contributed by atoms with Gasteiger partial charge in [-0.05, 0) is 42.7 Å². The fourth-order valence-corrected chi connectivity index (χ4v) is 2.76. The van der Waals surface area contributed by atoms with Crippen molar-refractivity contribution in [1.82, 2.24) is 19.1 Å². The smallest absolute Gasteiger partial charge is 0.329 e. The van der Waals surface area contributed by atoms with Crippen LogP contribution in [0.15, 0.2) is 39.0 Å². The van der Waals surface area contributed by atoms with Crippen LogP contribution < -0.4 is 16.7 Å². The molecular weight excluding hydrogens is 348 g/mol. The van der Waals surface area contributed by atoms with Crippen LogP contribution in [-0.2, 0) is 13.6 Å². The Kier molecular flexibility index (Phi) is 4.85. The Balaban J connectivity index is 2.07. The zero-order chi connectivity index (χ0) is 19.7. The van der Waals surface area contributed by atoms with Crippen LogP contribution in [0.25, 0.3) is 11.2 Å².